The van der Waals surface area contributed by atoms with Crippen LogP contribution in [-0.4, -0.2) is 42.4 Å². The zero-order valence-electron chi connectivity index (χ0n) is 18.7. The van der Waals surface area contributed by atoms with Crippen LogP contribution in [0.15, 0.2) is 48.5 Å². The lowest BCUT2D eigenvalue weighted by molar-refractivity contribution is -0.133. The quantitative estimate of drug-likeness (QED) is 0.652. The number of rotatable bonds is 7. The van der Waals surface area contributed by atoms with Gasteiger partial charge in [-0.3, -0.25) is 14.5 Å². The van der Waals surface area contributed by atoms with Crippen LogP contribution in [0.1, 0.15) is 44.2 Å². The lowest BCUT2D eigenvalue weighted by Crippen LogP contribution is -2.42. The second-order valence-corrected chi connectivity index (χ2v) is 8.68. The van der Waals surface area contributed by atoms with E-state index in [1.165, 1.54) is 18.4 Å². The summed E-state index contributed by atoms with van der Waals surface area (Å²) in [6.07, 6.45) is 4.40. The summed E-state index contributed by atoms with van der Waals surface area (Å²) >= 11 is 0. The number of hydrogen-bond acceptors (Lipinski definition) is 4. The van der Waals surface area contributed by atoms with Gasteiger partial charge in [-0.1, -0.05) is 37.6 Å². The molecule has 4 amide bonds. The molecule has 2 aliphatic rings. The minimum absolute atomic E-state index is 0.331. The van der Waals surface area contributed by atoms with Crippen molar-refractivity contribution in [3.63, 3.8) is 0 Å². The molecule has 4 rings (SSSR count). The largest absolute Gasteiger partial charge is 0.372 e. The van der Waals surface area contributed by atoms with E-state index < -0.39 is 23.4 Å². The molecule has 32 heavy (non-hydrogen) atoms. The highest BCUT2D eigenvalue weighted by molar-refractivity contribution is 6.10. The molecule has 2 aromatic rings. The highest BCUT2D eigenvalue weighted by Crippen LogP contribution is 2.29. The maximum absolute atomic E-state index is 13.1. The van der Waals surface area contributed by atoms with Crippen LogP contribution >= 0.6 is 0 Å². The van der Waals surface area contributed by atoms with Gasteiger partial charge in [0.2, 0.25) is 5.91 Å². The number of hydrogen-bond donors (Lipinski definition) is 2. The topological polar surface area (TPSA) is 81.8 Å². The first kappa shape index (κ1) is 21.9. The predicted octanol–water partition coefficient (Wildman–Crippen LogP) is 3.65. The summed E-state index contributed by atoms with van der Waals surface area (Å²) in [5.74, 6) is -0.838. The Bertz CT molecular complexity index is 997. The Labute approximate surface area is 188 Å². The molecule has 2 heterocycles. The number of carbonyl (C=O) groups excluding carboxylic acids is 3. The lowest BCUT2D eigenvalue weighted by Gasteiger charge is -2.22. The van der Waals surface area contributed by atoms with Gasteiger partial charge in [-0.25, -0.2) is 4.79 Å². The van der Waals surface area contributed by atoms with Gasteiger partial charge in [0.15, 0.2) is 0 Å². The molecule has 0 aliphatic carbocycles. The smallest absolute Gasteiger partial charge is 0.325 e. The minimum Gasteiger partial charge on any atom is -0.372 e. The van der Waals surface area contributed by atoms with E-state index in [4.69, 9.17) is 0 Å². The molecule has 7 heteroatoms. The molecule has 2 N–H and O–H groups in total. The van der Waals surface area contributed by atoms with Gasteiger partial charge in [-0.05, 0) is 61.6 Å². The number of nitrogens with one attached hydrogen (secondary N) is 2. The van der Waals surface area contributed by atoms with Crippen molar-refractivity contribution in [3.8, 4) is 0 Å². The van der Waals surface area contributed by atoms with E-state index in [-0.39, 0.29) is 6.54 Å². The molecular formula is C25H30N4O3. The number of urea groups is 1. The van der Waals surface area contributed by atoms with Gasteiger partial charge in [-0.15, -0.1) is 0 Å². The number of anilines is 2. The van der Waals surface area contributed by atoms with E-state index in [2.05, 4.69) is 22.5 Å². The molecule has 1 atom stereocenters. The Balaban J connectivity index is 1.39. The zero-order chi connectivity index (χ0) is 22.7. The Hall–Kier alpha value is -3.35. The Morgan fingerprint density at radius 2 is 1.69 bits per heavy atom. The van der Waals surface area contributed by atoms with Crippen LogP contribution in [-0.2, 0) is 21.5 Å². The van der Waals surface area contributed by atoms with E-state index in [1.54, 1.807) is 6.92 Å². The van der Waals surface area contributed by atoms with Gasteiger partial charge in [0.05, 0.1) is 0 Å². The van der Waals surface area contributed by atoms with E-state index in [0.29, 0.717) is 11.3 Å². The van der Waals surface area contributed by atoms with Crippen LogP contribution in [0.2, 0.25) is 0 Å². The summed E-state index contributed by atoms with van der Waals surface area (Å²) in [5.41, 5.74) is 2.48. The third-order valence-electron chi connectivity index (χ3n) is 6.27. The second kappa shape index (κ2) is 9.02. The predicted molar refractivity (Wildman–Crippen MR) is 125 cm³/mol. The Morgan fingerprint density at radius 3 is 2.31 bits per heavy atom. The molecule has 7 nitrogen and oxygen atoms in total. The van der Waals surface area contributed by atoms with Crippen LogP contribution in [0.4, 0.5) is 16.2 Å². The van der Waals surface area contributed by atoms with Crippen LogP contribution in [0.25, 0.3) is 0 Å². The van der Waals surface area contributed by atoms with Gasteiger partial charge < -0.3 is 15.5 Å². The van der Waals surface area contributed by atoms with Crippen molar-refractivity contribution in [1.29, 1.82) is 0 Å². The summed E-state index contributed by atoms with van der Waals surface area (Å²) in [6, 6.07) is 14.8. The third-order valence-corrected chi connectivity index (χ3v) is 6.27. The molecule has 2 fully saturated rings. The number of carbonyl (C=O) groups is 3. The average molecular weight is 435 g/mol. The van der Waals surface area contributed by atoms with Gasteiger partial charge >= 0.3 is 6.03 Å². The first-order valence-corrected chi connectivity index (χ1v) is 11.3. The maximum atomic E-state index is 13.1. The van der Waals surface area contributed by atoms with Gasteiger partial charge in [0, 0.05) is 24.5 Å². The van der Waals surface area contributed by atoms with E-state index in [0.717, 1.165) is 36.5 Å². The molecule has 2 aromatic carbocycles. The fourth-order valence-corrected chi connectivity index (χ4v) is 4.40. The normalized spacial score (nSPS) is 20.6. The summed E-state index contributed by atoms with van der Waals surface area (Å²) in [6.45, 7) is 5.57. The van der Waals surface area contributed by atoms with Crippen LogP contribution in [0.3, 0.4) is 0 Å². The van der Waals surface area contributed by atoms with Crippen LogP contribution in [0, 0.1) is 0 Å². The van der Waals surface area contributed by atoms with E-state index in [9.17, 15) is 14.4 Å². The number of aryl methyl sites for hydroxylation is 1. The third kappa shape index (κ3) is 4.33. The zero-order valence-corrected chi connectivity index (χ0v) is 18.7. The van der Waals surface area contributed by atoms with Crippen molar-refractivity contribution in [2.75, 3.05) is 29.9 Å². The molecule has 0 bridgehead atoms. The fraction of sp³-hybridized carbons (Fsp3) is 0.400. The summed E-state index contributed by atoms with van der Waals surface area (Å²) < 4.78 is 0. The van der Waals surface area contributed by atoms with Crippen molar-refractivity contribution in [2.24, 2.45) is 0 Å². The van der Waals surface area contributed by atoms with Crippen molar-refractivity contribution in [1.82, 2.24) is 10.2 Å². The van der Waals surface area contributed by atoms with Gasteiger partial charge in [-0.2, -0.15) is 0 Å². The lowest BCUT2D eigenvalue weighted by atomic mass is 9.91. The summed E-state index contributed by atoms with van der Waals surface area (Å²) in [5, 5.41) is 5.54. The van der Waals surface area contributed by atoms with E-state index in [1.807, 2.05) is 48.5 Å². The monoisotopic (exact) mass is 434 g/mol. The highest BCUT2D eigenvalue weighted by atomic mass is 16.2. The first-order chi connectivity index (χ1) is 15.4. The molecule has 2 aliphatic heterocycles. The Kier molecular flexibility index (Phi) is 6.17. The molecule has 168 valence electrons. The molecule has 0 saturated carbocycles. The minimum atomic E-state index is -1.18. The average Bonchev–Trinajstić information content (AvgIpc) is 3.39. The highest BCUT2D eigenvalue weighted by Gasteiger charge is 2.49. The Morgan fingerprint density at radius 1 is 1.03 bits per heavy atom. The first-order valence-electron chi connectivity index (χ1n) is 11.3. The number of nitrogens with zero attached hydrogens (tertiary/aromatic N) is 2. The number of amides is 4. The summed E-state index contributed by atoms with van der Waals surface area (Å²) in [4.78, 5) is 41.5. The van der Waals surface area contributed by atoms with Crippen molar-refractivity contribution >= 4 is 29.2 Å². The molecule has 1 unspecified atom stereocenters. The maximum Gasteiger partial charge on any atom is 0.325 e. The van der Waals surface area contributed by atoms with Gasteiger partial charge in [0.25, 0.3) is 5.91 Å². The fourth-order valence-electron chi connectivity index (χ4n) is 4.40. The van der Waals surface area contributed by atoms with E-state index >= 15 is 0 Å². The number of benzene rings is 2. The van der Waals surface area contributed by atoms with Gasteiger partial charge in [0.1, 0.15) is 12.1 Å². The van der Waals surface area contributed by atoms with Crippen LogP contribution < -0.4 is 15.5 Å². The molecule has 2 saturated heterocycles. The standard InChI is InChI=1S/C25H30N4O3/c1-3-6-18-7-9-19(10-8-18)25(2)23(31)29(24(32)27-25)17-22(30)26-20-11-13-21(14-12-20)28-15-4-5-16-28/h7-14H,3-6,15-17H2,1-2H3,(H,26,30)(H,27,32). The second-order valence-electron chi connectivity index (χ2n) is 8.68. The SMILES string of the molecule is CCCc1ccc(C2(C)NC(=O)N(CC(=O)Nc3ccc(N4CCCC4)cc3)C2=O)cc1. The van der Waals surface area contributed by atoms with Crippen LogP contribution in [0.5, 0.6) is 0 Å². The molecule has 0 radical (unpaired) electrons. The molecule has 0 aromatic heterocycles. The van der Waals surface area contributed by atoms with Crippen molar-refractivity contribution < 1.29 is 14.4 Å². The summed E-state index contributed by atoms with van der Waals surface area (Å²) in [7, 11) is 0. The molecule has 0 spiro atoms. The van der Waals surface area contributed by atoms with Crippen molar-refractivity contribution in [3.05, 3.63) is 59.7 Å². The number of imide groups is 1. The molecular weight excluding hydrogens is 404 g/mol. The van der Waals surface area contributed by atoms with Crippen molar-refractivity contribution in [2.45, 2.75) is 45.1 Å².